The first-order valence-corrected chi connectivity index (χ1v) is 13.3. The first-order chi connectivity index (χ1) is 18.6. The normalized spacial score (nSPS) is 18.3. The van der Waals surface area contributed by atoms with Crippen LogP contribution in [0.4, 0.5) is 4.79 Å². The van der Waals surface area contributed by atoms with Crippen molar-refractivity contribution in [2.45, 2.75) is 45.1 Å². The molecule has 2 heterocycles. The number of urea groups is 1. The van der Waals surface area contributed by atoms with Crippen LogP contribution in [0.1, 0.15) is 48.8 Å². The number of hydrogen-bond donors (Lipinski definition) is 1. The Balaban J connectivity index is 0.000000617. The Hall–Kier alpha value is -4.12. The van der Waals surface area contributed by atoms with Gasteiger partial charge in [0.2, 0.25) is 5.88 Å². The molecule has 0 spiro atoms. The molecule has 5 nitrogen and oxygen atoms in total. The van der Waals surface area contributed by atoms with E-state index in [-0.39, 0.29) is 12.1 Å². The van der Waals surface area contributed by atoms with Gasteiger partial charge >= 0.3 is 6.03 Å². The van der Waals surface area contributed by atoms with Crippen LogP contribution in [0.15, 0.2) is 103 Å². The highest BCUT2D eigenvalue weighted by atomic mass is 16.5. The van der Waals surface area contributed by atoms with E-state index in [2.05, 4.69) is 60.2 Å². The van der Waals surface area contributed by atoms with Crippen molar-refractivity contribution >= 4 is 12.1 Å². The van der Waals surface area contributed by atoms with Gasteiger partial charge in [-0.15, -0.1) is 0 Å². The first kappa shape index (κ1) is 26.9. The van der Waals surface area contributed by atoms with Crippen molar-refractivity contribution in [3.05, 3.63) is 120 Å². The van der Waals surface area contributed by atoms with Crippen molar-refractivity contribution in [1.82, 2.24) is 15.2 Å². The zero-order chi connectivity index (χ0) is 26.7. The SMILES string of the molecule is C=C/C=C\C.Cc1ccc(C2CC2NC(=O)N2CCC(=Cc3cccc(Oc4ccccn4)c3)CC2)cc1. The Morgan fingerprint density at radius 3 is 2.53 bits per heavy atom. The summed E-state index contributed by atoms with van der Waals surface area (Å²) < 4.78 is 5.84. The smallest absolute Gasteiger partial charge is 0.317 e. The van der Waals surface area contributed by atoms with Crippen molar-refractivity contribution in [3.8, 4) is 11.6 Å². The summed E-state index contributed by atoms with van der Waals surface area (Å²) in [7, 11) is 0. The third-order valence-corrected chi connectivity index (χ3v) is 6.72. The molecule has 1 aliphatic carbocycles. The van der Waals surface area contributed by atoms with Gasteiger partial charge in [-0.3, -0.25) is 0 Å². The van der Waals surface area contributed by atoms with Crippen molar-refractivity contribution < 1.29 is 9.53 Å². The predicted molar refractivity (Wildman–Crippen MR) is 155 cm³/mol. The highest BCUT2D eigenvalue weighted by Crippen LogP contribution is 2.41. The number of rotatable bonds is 6. The number of carbonyl (C=O) groups is 1. The lowest BCUT2D eigenvalue weighted by atomic mass is 10.0. The molecule has 38 heavy (non-hydrogen) atoms. The summed E-state index contributed by atoms with van der Waals surface area (Å²) in [5.41, 5.74) is 5.06. The van der Waals surface area contributed by atoms with Gasteiger partial charge in [0.25, 0.3) is 0 Å². The maximum Gasteiger partial charge on any atom is 0.317 e. The number of aryl methyl sites for hydroxylation is 1. The molecule has 1 saturated heterocycles. The van der Waals surface area contributed by atoms with Crippen LogP contribution in [0, 0.1) is 6.92 Å². The molecule has 2 fully saturated rings. The van der Waals surface area contributed by atoms with Crippen LogP contribution in [0.5, 0.6) is 11.6 Å². The van der Waals surface area contributed by atoms with Crippen LogP contribution in [-0.4, -0.2) is 35.0 Å². The number of benzene rings is 2. The maximum atomic E-state index is 12.7. The second-order valence-electron chi connectivity index (χ2n) is 9.70. The fraction of sp³-hybridized carbons (Fsp3) is 0.273. The van der Waals surface area contributed by atoms with Crippen LogP contribution < -0.4 is 10.1 Å². The van der Waals surface area contributed by atoms with Crippen molar-refractivity contribution in [3.63, 3.8) is 0 Å². The number of aromatic nitrogens is 1. The van der Waals surface area contributed by atoms with Crippen molar-refractivity contribution in [1.29, 1.82) is 0 Å². The van der Waals surface area contributed by atoms with Gasteiger partial charge in [0.1, 0.15) is 5.75 Å². The molecule has 1 N–H and O–H groups in total. The quantitative estimate of drug-likeness (QED) is 0.348. The van der Waals surface area contributed by atoms with Gasteiger partial charge < -0.3 is 15.0 Å². The van der Waals surface area contributed by atoms with Gasteiger partial charge in [0, 0.05) is 37.3 Å². The van der Waals surface area contributed by atoms with Crippen molar-refractivity contribution in [2.24, 2.45) is 0 Å². The summed E-state index contributed by atoms with van der Waals surface area (Å²) in [5.74, 6) is 1.81. The molecule has 3 aromatic rings. The lowest BCUT2D eigenvalue weighted by Gasteiger charge is -2.28. The van der Waals surface area contributed by atoms with Gasteiger partial charge in [-0.05, 0) is 62.4 Å². The third kappa shape index (κ3) is 7.94. The lowest BCUT2D eigenvalue weighted by Crippen LogP contribution is -2.44. The summed E-state index contributed by atoms with van der Waals surface area (Å²) in [4.78, 5) is 18.9. The zero-order valence-electron chi connectivity index (χ0n) is 22.3. The largest absolute Gasteiger partial charge is 0.439 e. The highest BCUT2D eigenvalue weighted by Gasteiger charge is 2.40. The highest BCUT2D eigenvalue weighted by molar-refractivity contribution is 5.75. The Labute approximate surface area is 226 Å². The number of nitrogens with zero attached hydrogens (tertiary/aromatic N) is 2. The van der Waals surface area contributed by atoms with E-state index in [0.29, 0.717) is 11.8 Å². The van der Waals surface area contributed by atoms with Crippen LogP contribution >= 0.6 is 0 Å². The molecule has 2 amide bonds. The number of hydrogen-bond acceptors (Lipinski definition) is 3. The van der Waals surface area contributed by atoms with Crippen molar-refractivity contribution in [2.75, 3.05) is 13.1 Å². The number of carbonyl (C=O) groups excluding carboxylic acids is 1. The lowest BCUT2D eigenvalue weighted by molar-refractivity contribution is 0.193. The van der Waals surface area contributed by atoms with E-state index in [9.17, 15) is 4.79 Å². The number of likely N-dealkylation sites (tertiary alicyclic amines) is 1. The molecule has 5 rings (SSSR count). The molecule has 1 aliphatic heterocycles. The van der Waals surface area contributed by atoms with E-state index in [0.717, 1.165) is 43.7 Å². The van der Waals surface area contributed by atoms with Crippen LogP contribution in [0.25, 0.3) is 6.08 Å². The molecule has 2 unspecified atom stereocenters. The Bertz CT molecular complexity index is 1250. The number of allylic oxidation sites excluding steroid dienone is 3. The van der Waals surface area contributed by atoms with Gasteiger partial charge in [-0.25, -0.2) is 9.78 Å². The molecule has 5 heteroatoms. The topological polar surface area (TPSA) is 54.5 Å². The third-order valence-electron chi connectivity index (χ3n) is 6.72. The van der Waals surface area contributed by atoms with Gasteiger partial charge in [-0.1, -0.05) is 84.5 Å². The predicted octanol–water partition coefficient (Wildman–Crippen LogP) is 7.68. The fourth-order valence-corrected chi connectivity index (χ4v) is 4.50. The number of pyridine rings is 1. The Morgan fingerprint density at radius 2 is 1.87 bits per heavy atom. The van der Waals surface area contributed by atoms with E-state index in [1.165, 1.54) is 16.7 Å². The standard InChI is InChI=1S/C28H29N3O2.C5H8/c1-20-8-10-23(11-9-20)25-19-26(25)30-28(32)31-15-12-21(13-16-31)17-22-5-4-6-24(18-22)33-27-7-2-3-14-29-27;1-3-5-4-2/h2-11,14,17-18,25-26H,12-13,15-16,19H2,1H3,(H,30,32);3-5H,1H2,2H3/b;5-4-. The van der Waals surface area contributed by atoms with E-state index in [4.69, 9.17) is 4.74 Å². The first-order valence-electron chi connectivity index (χ1n) is 13.3. The zero-order valence-corrected chi connectivity index (χ0v) is 22.3. The molecule has 2 atom stereocenters. The minimum atomic E-state index is 0.0689. The minimum Gasteiger partial charge on any atom is -0.439 e. The summed E-state index contributed by atoms with van der Waals surface area (Å²) in [5, 5.41) is 3.23. The molecule has 2 aliphatic rings. The Kier molecular flexibility index (Phi) is 9.52. The molecule has 196 valence electrons. The summed E-state index contributed by atoms with van der Waals surface area (Å²) in [6.07, 6.45) is 12.3. The second kappa shape index (κ2) is 13.4. The fourth-order valence-electron chi connectivity index (χ4n) is 4.50. The van der Waals surface area contributed by atoms with Gasteiger partial charge in [0.15, 0.2) is 0 Å². The molecule has 2 aromatic carbocycles. The second-order valence-corrected chi connectivity index (χ2v) is 9.70. The van der Waals surface area contributed by atoms with E-state index in [1.807, 2.05) is 60.4 Å². The maximum absolute atomic E-state index is 12.7. The van der Waals surface area contributed by atoms with Crippen LogP contribution in [0.3, 0.4) is 0 Å². The Morgan fingerprint density at radius 1 is 1.08 bits per heavy atom. The van der Waals surface area contributed by atoms with E-state index >= 15 is 0 Å². The molecule has 1 saturated carbocycles. The van der Waals surface area contributed by atoms with Gasteiger partial charge in [-0.2, -0.15) is 0 Å². The molecule has 0 bridgehead atoms. The molecular formula is C33H37N3O2. The number of ether oxygens (including phenoxy) is 1. The minimum absolute atomic E-state index is 0.0689. The molecule has 0 radical (unpaired) electrons. The van der Waals surface area contributed by atoms with Crippen LogP contribution in [-0.2, 0) is 0 Å². The number of amides is 2. The average molecular weight is 508 g/mol. The number of piperidine rings is 1. The number of nitrogens with one attached hydrogen (secondary N) is 1. The monoisotopic (exact) mass is 507 g/mol. The molecule has 1 aromatic heterocycles. The van der Waals surface area contributed by atoms with Gasteiger partial charge in [0.05, 0.1) is 0 Å². The molecular weight excluding hydrogens is 470 g/mol. The average Bonchev–Trinajstić information content (AvgIpc) is 3.70. The summed E-state index contributed by atoms with van der Waals surface area (Å²) in [6, 6.07) is 22.6. The van der Waals surface area contributed by atoms with E-state index in [1.54, 1.807) is 12.3 Å². The van der Waals surface area contributed by atoms with E-state index < -0.39 is 0 Å². The van der Waals surface area contributed by atoms with Crippen LogP contribution in [0.2, 0.25) is 0 Å². The summed E-state index contributed by atoms with van der Waals surface area (Å²) in [6.45, 7) is 9.03. The summed E-state index contributed by atoms with van der Waals surface area (Å²) >= 11 is 0.